The van der Waals surface area contributed by atoms with Gasteiger partial charge in [0.2, 0.25) is 5.91 Å². The molecule has 2 unspecified atom stereocenters. The molecule has 2 aromatic heterocycles. The zero-order valence-electron chi connectivity index (χ0n) is 31.7. The van der Waals surface area contributed by atoms with E-state index in [0.717, 1.165) is 12.5 Å². The number of nitrogens with one attached hydrogen (secondary N) is 4. The smallest absolute Gasteiger partial charge is 0.405 e. The van der Waals surface area contributed by atoms with Crippen LogP contribution in [0, 0.1) is 11.8 Å². The number of urea groups is 1. The van der Waals surface area contributed by atoms with Gasteiger partial charge >= 0.3 is 12.4 Å². The Balaban J connectivity index is 1.17. The van der Waals surface area contributed by atoms with Crippen LogP contribution in [0.3, 0.4) is 0 Å². The maximum atomic E-state index is 13.7. The highest BCUT2D eigenvalue weighted by molar-refractivity contribution is 6.34. The Morgan fingerprint density at radius 2 is 1.70 bits per heavy atom. The van der Waals surface area contributed by atoms with Crippen LogP contribution in [0.15, 0.2) is 60.9 Å². The molecule has 13 nitrogen and oxygen atoms in total. The van der Waals surface area contributed by atoms with Crippen molar-refractivity contribution in [2.45, 2.75) is 45.6 Å². The highest BCUT2D eigenvalue weighted by Gasteiger charge is 2.39. The van der Waals surface area contributed by atoms with Crippen LogP contribution < -0.4 is 25.6 Å². The number of aromatic nitrogens is 3. The number of carbonyl (C=O) groups is 3. The number of amides is 4. The van der Waals surface area contributed by atoms with Crippen molar-refractivity contribution in [2.24, 2.45) is 11.8 Å². The Bertz CT molecular complexity index is 2030. The molecule has 4 aromatic rings. The molecular formula is C39H45ClF3N9O4. The third-order valence-electron chi connectivity index (χ3n) is 10.1. The van der Waals surface area contributed by atoms with Crippen LogP contribution in [-0.2, 0) is 4.79 Å². The van der Waals surface area contributed by atoms with Crippen molar-refractivity contribution in [1.82, 2.24) is 35.4 Å². The van der Waals surface area contributed by atoms with Gasteiger partial charge in [-0.1, -0.05) is 56.6 Å². The maximum Gasteiger partial charge on any atom is 0.573 e. The summed E-state index contributed by atoms with van der Waals surface area (Å²) in [6.45, 7) is 8.86. The standard InChI is InChI=1S/C39H45ClF3N9O4/c1-22(2)34(44-4)37(54)52-21-23(3)16-31(52)35-47-20-30(48-35)25-8-6-24(7-9-25)27-17-28(40)29(18-32(27)56-39(41,42)43)49-36(53)26-10-11-33(46-19-26)50-12-14-51(15-13-50)38(55)45-5/h6-11,17-20,22-23,31,34,44H,12-16,21H2,1-5H3,(H,45,55)(H,47,48)(H,49,53)/t23?,31?,34-/m0/s1. The average molecular weight is 796 g/mol. The van der Waals surface area contributed by atoms with Gasteiger partial charge in [-0.15, -0.1) is 13.2 Å². The lowest BCUT2D eigenvalue weighted by atomic mass is 10.0. The van der Waals surface area contributed by atoms with Crippen LogP contribution in [-0.4, -0.2) is 102 Å². The third-order valence-corrected chi connectivity index (χ3v) is 10.4. The van der Waals surface area contributed by atoms with E-state index in [1.807, 2.05) is 23.6 Å². The largest absolute Gasteiger partial charge is 0.573 e. The number of halogens is 4. The first kappa shape index (κ1) is 40.3. The summed E-state index contributed by atoms with van der Waals surface area (Å²) >= 11 is 6.56. The number of nitrogens with zero attached hydrogens (tertiary/aromatic N) is 5. The van der Waals surface area contributed by atoms with E-state index < -0.39 is 18.0 Å². The molecule has 0 aliphatic carbocycles. The van der Waals surface area contributed by atoms with Crippen LogP contribution in [0.5, 0.6) is 5.75 Å². The highest BCUT2D eigenvalue weighted by atomic mass is 35.5. The molecule has 4 heterocycles. The minimum absolute atomic E-state index is 0.00895. The number of carbonyl (C=O) groups excluding carboxylic acids is 3. The number of alkyl halides is 3. The number of ether oxygens (including phenoxy) is 1. The van der Waals surface area contributed by atoms with Crippen molar-refractivity contribution < 1.29 is 32.3 Å². The summed E-state index contributed by atoms with van der Waals surface area (Å²) in [6.07, 6.45) is -1.16. The summed E-state index contributed by atoms with van der Waals surface area (Å²) in [7, 11) is 3.36. The number of pyridine rings is 1. The van der Waals surface area contributed by atoms with Gasteiger partial charge in [0.15, 0.2) is 0 Å². The number of hydrogen-bond donors (Lipinski definition) is 4. The fourth-order valence-corrected chi connectivity index (χ4v) is 7.44. The Kier molecular flexibility index (Phi) is 12.1. The monoisotopic (exact) mass is 795 g/mol. The van der Waals surface area contributed by atoms with E-state index in [1.165, 1.54) is 12.3 Å². The molecule has 3 atom stereocenters. The molecule has 2 saturated heterocycles. The zero-order valence-corrected chi connectivity index (χ0v) is 32.5. The lowest BCUT2D eigenvalue weighted by Gasteiger charge is -2.35. The molecule has 6 rings (SSSR count). The van der Waals surface area contributed by atoms with Crippen LogP contribution in [0.25, 0.3) is 22.4 Å². The van der Waals surface area contributed by atoms with Gasteiger partial charge in [0.1, 0.15) is 17.4 Å². The summed E-state index contributed by atoms with van der Waals surface area (Å²) in [5, 5.41) is 8.31. The predicted octanol–water partition coefficient (Wildman–Crippen LogP) is 6.56. The van der Waals surface area contributed by atoms with Crippen molar-refractivity contribution in [1.29, 1.82) is 0 Å². The van der Waals surface area contributed by atoms with E-state index in [-0.39, 0.29) is 51.8 Å². The minimum Gasteiger partial charge on any atom is -0.405 e. The molecule has 298 valence electrons. The number of rotatable bonds is 10. The molecule has 2 aliphatic rings. The van der Waals surface area contributed by atoms with E-state index in [1.54, 1.807) is 61.6 Å². The average Bonchev–Trinajstić information content (AvgIpc) is 3.82. The van der Waals surface area contributed by atoms with Crippen molar-refractivity contribution >= 4 is 41.0 Å². The molecule has 4 amide bonds. The van der Waals surface area contributed by atoms with Gasteiger partial charge in [-0.3, -0.25) is 9.59 Å². The molecule has 2 aliphatic heterocycles. The molecule has 2 aromatic carbocycles. The first-order valence-electron chi connectivity index (χ1n) is 18.4. The van der Waals surface area contributed by atoms with E-state index >= 15 is 0 Å². The van der Waals surface area contributed by atoms with E-state index in [9.17, 15) is 27.6 Å². The van der Waals surface area contributed by atoms with Crippen LogP contribution in [0.2, 0.25) is 5.02 Å². The molecular weight excluding hydrogens is 751 g/mol. The fraction of sp³-hybridized carbons (Fsp3) is 0.410. The number of H-pyrrole nitrogens is 1. The minimum atomic E-state index is -5.03. The van der Waals surface area contributed by atoms with Crippen molar-refractivity contribution in [3.63, 3.8) is 0 Å². The van der Waals surface area contributed by atoms with Crippen molar-refractivity contribution in [3.05, 3.63) is 77.3 Å². The Labute approximate surface area is 328 Å². The van der Waals surface area contributed by atoms with Crippen LogP contribution in [0.1, 0.15) is 49.4 Å². The van der Waals surface area contributed by atoms with Crippen LogP contribution in [0.4, 0.5) is 29.5 Å². The summed E-state index contributed by atoms with van der Waals surface area (Å²) < 4.78 is 45.4. The molecule has 0 bridgehead atoms. The number of imidazole rings is 1. The van der Waals surface area contributed by atoms with E-state index in [4.69, 9.17) is 16.6 Å². The second-order valence-corrected chi connectivity index (χ2v) is 14.8. The summed E-state index contributed by atoms with van der Waals surface area (Å²) in [6, 6.07) is 11.6. The molecule has 0 spiro atoms. The molecule has 56 heavy (non-hydrogen) atoms. The second kappa shape index (κ2) is 16.8. The van der Waals surface area contributed by atoms with Gasteiger partial charge < -0.3 is 40.4 Å². The van der Waals surface area contributed by atoms with Crippen molar-refractivity contribution in [3.8, 4) is 28.1 Å². The number of aromatic amines is 1. The first-order chi connectivity index (χ1) is 26.6. The molecule has 0 saturated carbocycles. The lowest BCUT2D eigenvalue weighted by Crippen LogP contribution is -2.51. The number of hydrogen-bond acceptors (Lipinski definition) is 8. The first-order valence-corrected chi connectivity index (χ1v) is 18.8. The third kappa shape index (κ3) is 9.02. The lowest BCUT2D eigenvalue weighted by molar-refractivity contribution is -0.274. The molecule has 2 fully saturated rings. The number of anilines is 2. The van der Waals surface area contributed by atoms with Crippen LogP contribution >= 0.6 is 11.6 Å². The number of likely N-dealkylation sites (tertiary alicyclic amines) is 1. The van der Waals surface area contributed by atoms with Gasteiger partial charge in [0.25, 0.3) is 5.91 Å². The van der Waals surface area contributed by atoms with Gasteiger partial charge in [-0.05, 0) is 49.1 Å². The predicted molar refractivity (Wildman–Crippen MR) is 208 cm³/mol. The Morgan fingerprint density at radius 1 is 1.00 bits per heavy atom. The summed E-state index contributed by atoms with van der Waals surface area (Å²) in [4.78, 5) is 56.5. The van der Waals surface area contributed by atoms with Gasteiger partial charge in [0.05, 0.1) is 34.1 Å². The Morgan fingerprint density at radius 3 is 2.30 bits per heavy atom. The number of likely N-dealkylation sites (N-methyl/N-ethyl adjacent to an activating group) is 1. The normalized spacial score (nSPS) is 17.9. The summed E-state index contributed by atoms with van der Waals surface area (Å²) in [5.41, 5.74) is 1.83. The highest BCUT2D eigenvalue weighted by Crippen LogP contribution is 2.41. The number of piperazine rings is 1. The van der Waals surface area contributed by atoms with E-state index in [2.05, 4.69) is 37.6 Å². The van der Waals surface area contributed by atoms with Crippen molar-refractivity contribution in [2.75, 3.05) is 57.0 Å². The van der Waals surface area contributed by atoms with E-state index in [0.29, 0.717) is 67.1 Å². The van der Waals surface area contributed by atoms with Gasteiger partial charge in [0, 0.05) is 69.4 Å². The SMILES string of the molecule is CNC(=O)N1CCN(c2ccc(C(=O)Nc3cc(OC(F)(F)F)c(-c4ccc(-c5c[nH]c(C6CC(C)CN6C(=O)[C@@H](NC)C(C)C)n5)cc4)cc3Cl)cn2)CC1. The topological polar surface area (TPSA) is 148 Å². The summed E-state index contributed by atoms with van der Waals surface area (Å²) in [5.74, 6) is 0.516. The molecule has 4 N–H and O–H groups in total. The quantitative estimate of drug-likeness (QED) is 0.141. The second-order valence-electron chi connectivity index (χ2n) is 14.4. The Hall–Kier alpha value is -5.35. The zero-order chi connectivity index (χ0) is 40.3. The fourth-order valence-electron chi connectivity index (χ4n) is 7.23. The number of benzene rings is 2. The molecule has 0 radical (unpaired) electrons. The maximum absolute atomic E-state index is 13.7. The van der Waals surface area contributed by atoms with Gasteiger partial charge in [-0.25, -0.2) is 14.8 Å². The van der Waals surface area contributed by atoms with Gasteiger partial charge in [-0.2, -0.15) is 0 Å². The molecule has 17 heteroatoms.